The third-order valence-corrected chi connectivity index (χ3v) is 5.91. The number of aromatic nitrogens is 1. The number of fused-ring (bicyclic) bond motifs is 3. The first-order chi connectivity index (χ1) is 13.2. The van der Waals surface area contributed by atoms with E-state index in [4.69, 9.17) is 0 Å². The van der Waals surface area contributed by atoms with Crippen LogP contribution in [0.2, 0.25) is 0 Å². The summed E-state index contributed by atoms with van der Waals surface area (Å²) in [4.78, 5) is 0. The summed E-state index contributed by atoms with van der Waals surface area (Å²) in [5.74, 6) is 0. The minimum Gasteiger partial charge on any atom is -0.309 e. The summed E-state index contributed by atoms with van der Waals surface area (Å²) >= 11 is 7.26. The maximum atomic E-state index is 3.63. The molecule has 0 aliphatic carbocycles. The summed E-state index contributed by atoms with van der Waals surface area (Å²) in [5.41, 5.74) is 6.04. The molecule has 0 N–H and O–H groups in total. The molecule has 3 heteroatoms. The third-order valence-electron chi connectivity index (χ3n) is 4.92. The molecule has 5 aromatic rings. The molecule has 0 aliphatic rings. The van der Waals surface area contributed by atoms with Gasteiger partial charge in [-0.3, -0.25) is 0 Å². The van der Waals surface area contributed by atoms with E-state index in [9.17, 15) is 0 Å². The molecule has 4 aromatic carbocycles. The SMILES string of the molecule is Brc1ccc2c(c1)c1cc(Br)ccc1n2-c1ccccc1-c1ccccc1. The molecule has 0 unspecified atom stereocenters. The van der Waals surface area contributed by atoms with Gasteiger partial charge < -0.3 is 4.57 Å². The Morgan fingerprint density at radius 3 is 1.74 bits per heavy atom. The maximum Gasteiger partial charge on any atom is 0.0542 e. The van der Waals surface area contributed by atoms with E-state index in [0.717, 1.165) is 8.95 Å². The fourth-order valence-corrected chi connectivity index (χ4v) is 4.48. The van der Waals surface area contributed by atoms with Gasteiger partial charge in [-0.05, 0) is 48.0 Å². The van der Waals surface area contributed by atoms with Crippen LogP contribution >= 0.6 is 31.9 Å². The Balaban J connectivity index is 1.92. The first-order valence-electron chi connectivity index (χ1n) is 8.76. The van der Waals surface area contributed by atoms with Gasteiger partial charge in [0.2, 0.25) is 0 Å². The van der Waals surface area contributed by atoms with E-state index in [2.05, 4.69) is 127 Å². The number of hydrogen-bond donors (Lipinski definition) is 0. The number of hydrogen-bond acceptors (Lipinski definition) is 0. The highest BCUT2D eigenvalue weighted by Crippen LogP contribution is 2.37. The average molecular weight is 477 g/mol. The van der Waals surface area contributed by atoms with Crippen molar-refractivity contribution in [1.29, 1.82) is 0 Å². The summed E-state index contributed by atoms with van der Waals surface area (Å²) in [5, 5.41) is 2.48. The van der Waals surface area contributed by atoms with Gasteiger partial charge >= 0.3 is 0 Å². The fraction of sp³-hybridized carbons (Fsp3) is 0. The molecular formula is C24H15Br2N. The molecule has 1 heterocycles. The molecule has 0 fully saturated rings. The van der Waals surface area contributed by atoms with Crippen molar-refractivity contribution in [2.75, 3.05) is 0 Å². The van der Waals surface area contributed by atoms with Crippen LogP contribution in [-0.2, 0) is 0 Å². The quantitative estimate of drug-likeness (QED) is 0.243. The van der Waals surface area contributed by atoms with E-state index in [1.165, 1.54) is 38.6 Å². The van der Waals surface area contributed by atoms with Crippen molar-refractivity contribution in [1.82, 2.24) is 4.57 Å². The lowest BCUT2D eigenvalue weighted by Crippen LogP contribution is -1.96. The molecule has 0 saturated carbocycles. The maximum absolute atomic E-state index is 3.63. The minimum absolute atomic E-state index is 1.09. The number of nitrogens with zero attached hydrogens (tertiary/aromatic N) is 1. The molecule has 27 heavy (non-hydrogen) atoms. The highest BCUT2D eigenvalue weighted by Gasteiger charge is 2.15. The Hall–Kier alpha value is -2.36. The molecule has 0 aliphatic heterocycles. The second kappa shape index (κ2) is 6.66. The topological polar surface area (TPSA) is 4.93 Å². The summed E-state index contributed by atoms with van der Waals surface area (Å²) in [7, 11) is 0. The number of benzene rings is 4. The van der Waals surface area contributed by atoms with Crippen LogP contribution in [0.3, 0.4) is 0 Å². The van der Waals surface area contributed by atoms with Crippen LogP contribution in [0.1, 0.15) is 0 Å². The van der Waals surface area contributed by atoms with Crippen molar-refractivity contribution in [3.05, 3.63) is 99.9 Å². The van der Waals surface area contributed by atoms with Gasteiger partial charge in [-0.15, -0.1) is 0 Å². The zero-order valence-electron chi connectivity index (χ0n) is 14.4. The Morgan fingerprint density at radius 2 is 1.11 bits per heavy atom. The largest absolute Gasteiger partial charge is 0.309 e. The van der Waals surface area contributed by atoms with Crippen molar-refractivity contribution in [2.45, 2.75) is 0 Å². The van der Waals surface area contributed by atoms with Crippen LogP contribution in [0, 0.1) is 0 Å². The predicted octanol–water partition coefficient (Wildman–Crippen LogP) is 7.98. The van der Waals surface area contributed by atoms with Gasteiger partial charge in [-0.2, -0.15) is 0 Å². The van der Waals surface area contributed by atoms with Crippen molar-refractivity contribution in [3.63, 3.8) is 0 Å². The van der Waals surface area contributed by atoms with Crippen molar-refractivity contribution >= 4 is 53.7 Å². The van der Waals surface area contributed by atoms with Crippen LogP contribution in [0.5, 0.6) is 0 Å². The van der Waals surface area contributed by atoms with Crippen molar-refractivity contribution < 1.29 is 0 Å². The zero-order valence-corrected chi connectivity index (χ0v) is 17.5. The smallest absolute Gasteiger partial charge is 0.0542 e. The Labute approximate surface area is 174 Å². The first kappa shape index (κ1) is 16.8. The molecule has 130 valence electrons. The normalized spacial score (nSPS) is 11.3. The van der Waals surface area contributed by atoms with E-state index in [1.54, 1.807) is 0 Å². The van der Waals surface area contributed by atoms with E-state index >= 15 is 0 Å². The lowest BCUT2D eigenvalue weighted by atomic mass is 10.0. The number of para-hydroxylation sites is 1. The monoisotopic (exact) mass is 475 g/mol. The molecule has 0 amide bonds. The van der Waals surface area contributed by atoms with Gasteiger partial charge in [0, 0.05) is 25.3 Å². The number of rotatable bonds is 2. The average Bonchev–Trinajstić information content (AvgIpc) is 3.01. The summed E-state index contributed by atoms with van der Waals surface area (Å²) in [6, 6.07) is 32.2. The highest BCUT2D eigenvalue weighted by atomic mass is 79.9. The van der Waals surface area contributed by atoms with Crippen LogP contribution in [0.4, 0.5) is 0 Å². The van der Waals surface area contributed by atoms with E-state index in [-0.39, 0.29) is 0 Å². The number of halogens is 2. The fourth-order valence-electron chi connectivity index (χ4n) is 3.76. The minimum atomic E-state index is 1.09. The lowest BCUT2D eigenvalue weighted by molar-refractivity contribution is 1.18. The van der Waals surface area contributed by atoms with Gasteiger partial charge in [0.25, 0.3) is 0 Å². The predicted molar refractivity (Wildman–Crippen MR) is 122 cm³/mol. The van der Waals surface area contributed by atoms with E-state index in [1.807, 2.05) is 0 Å². The van der Waals surface area contributed by atoms with Gasteiger partial charge in [-0.1, -0.05) is 80.4 Å². The summed E-state index contributed by atoms with van der Waals surface area (Å²) in [6.07, 6.45) is 0. The molecule has 0 atom stereocenters. The van der Waals surface area contributed by atoms with Crippen LogP contribution < -0.4 is 0 Å². The van der Waals surface area contributed by atoms with Crippen molar-refractivity contribution in [2.24, 2.45) is 0 Å². The van der Waals surface area contributed by atoms with Crippen LogP contribution in [0.25, 0.3) is 38.6 Å². The molecule has 0 bridgehead atoms. The van der Waals surface area contributed by atoms with Crippen LogP contribution in [0.15, 0.2) is 99.9 Å². The zero-order chi connectivity index (χ0) is 18.4. The summed E-state index contributed by atoms with van der Waals surface area (Å²) in [6.45, 7) is 0. The van der Waals surface area contributed by atoms with Crippen molar-refractivity contribution in [3.8, 4) is 16.8 Å². The first-order valence-corrected chi connectivity index (χ1v) is 10.3. The van der Waals surface area contributed by atoms with Crippen LogP contribution in [-0.4, -0.2) is 4.57 Å². The van der Waals surface area contributed by atoms with Gasteiger partial charge in [0.05, 0.1) is 16.7 Å². The van der Waals surface area contributed by atoms with Gasteiger partial charge in [0.1, 0.15) is 0 Å². The lowest BCUT2D eigenvalue weighted by Gasteiger charge is -2.14. The molecule has 0 spiro atoms. The van der Waals surface area contributed by atoms with Gasteiger partial charge in [0.15, 0.2) is 0 Å². The Bertz CT molecular complexity index is 1230. The molecule has 5 rings (SSSR count). The molecule has 1 nitrogen and oxygen atoms in total. The second-order valence-corrected chi connectivity index (χ2v) is 8.37. The molecular weight excluding hydrogens is 462 g/mol. The highest BCUT2D eigenvalue weighted by molar-refractivity contribution is 9.10. The second-order valence-electron chi connectivity index (χ2n) is 6.54. The van der Waals surface area contributed by atoms with E-state index in [0.29, 0.717) is 0 Å². The van der Waals surface area contributed by atoms with E-state index < -0.39 is 0 Å². The van der Waals surface area contributed by atoms with Gasteiger partial charge in [-0.25, -0.2) is 0 Å². The third kappa shape index (κ3) is 2.82. The molecule has 0 radical (unpaired) electrons. The molecule has 0 saturated heterocycles. The Morgan fingerprint density at radius 1 is 0.556 bits per heavy atom. The molecule has 1 aromatic heterocycles. The summed E-state index contributed by atoms with van der Waals surface area (Å²) < 4.78 is 4.54. The standard InChI is InChI=1S/C24H15Br2N/c25-17-10-12-23-20(14-17)21-15-18(26)11-13-24(21)27(23)22-9-5-4-8-19(22)16-6-2-1-3-7-16/h1-15H. The Kier molecular flexibility index (Phi) is 4.14.